The van der Waals surface area contributed by atoms with Crippen molar-refractivity contribution < 1.29 is 9.84 Å². The van der Waals surface area contributed by atoms with Gasteiger partial charge in [0.1, 0.15) is 5.75 Å². The van der Waals surface area contributed by atoms with Gasteiger partial charge in [-0.3, -0.25) is 0 Å². The van der Waals surface area contributed by atoms with E-state index in [0.29, 0.717) is 6.61 Å². The third kappa shape index (κ3) is 4.42. The number of aliphatic hydroxyl groups is 1. The first-order valence-electron chi connectivity index (χ1n) is 6.70. The molecule has 0 fully saturated rings. The minimum absolute atomic E-state index is 0.451. The van der Waals surface area contributed by atoms with Gasteiger partial charge in [0.15, 0.2) is 0 Å². The van der Waals surface area contributed by atoms with Gasteiger partial charge in [0.2, 0.25) is 0 Å². The third-order valence-electron chi connectivity index (χ3n) is 3.06. The van der Waals surface area contributed by atoms with Crippen molar-refractivity contribution >= 4 is 0 Å². The first-order valence-corrected chi connectivity index (χ1v) is 6.70. The van der Waals surface area contributed by atoms with Crippen LogP contribution in [0.3, 0.4) is 0 Å². The summed E-state index contributed by atoms with van der Waals surface area (Å²) in [6.45, 7) is 2.45. The van der Waals surface area contributed by atoms with Crippen molar-refractivity contribution in [1.82, 2.24) is 0 Å². The summed E-state index contributed by atoms with van der Waals surface area (Å²) in [6, 6.07) is 18.0. The number of ether oxygens (including phenoxy) is 1. The minimum atomic E-state index is -0.451. The standard InChI is InChI=1S/C17H20O2/c1-14(18)16-10-5-11-17(13-16)19-12-6-9-15-7-3-2-4-8-15/h2-5,7-8,10-11,13-14,18H,6,9,12H2,1H3. The second-order valence-electron chi connectivity index (χ2n) is 4.69. The van der Waals surface area contributed by atoms with Gasteiger partial charge < -0.3 is 9.84 Å². The Morgan fingerprint density at radius 2 is 1.84 bits per heavy atom. The maximum atomic E-state index is 9.51. The number of aryl methyl sites for hydroxylation is 1. The molecule has 19 heavy (non-hydrogen) atoms. The molecule has 0 aliphatic heterocycles. The molecule has 0 saturated heterocycles. The van der Waals surface area contributed by atoms with E-state index in [1.54, 1.807) is 6.92 Å². The largest absolute Gasteiger partial charge is 0.494 e. The van der Waals surface area contributed by atoms with Crippen LogP contribution in [0.2, 0.25) is 0 Å². The van der Waals surface area contributed by atoms with Crippen LogP contribution < -0.4 is 4.74 Å². The Morgan fingerprint density at radius 3 is 2.58 bits per heavy atom. The summed E-state index contributed by atoms with van der Waals surface area (Å²) in [5.41, 5.74) is 2.23. The maximum absolute atomic E-state index is 9.51. The van der Waals surface area contributed by atoms with Crippen LogP contribution in [0, 0.1) is 0 Å². The zero-order valence-corrected chi connectivity index (χ0v) is 11.3. The molecule has 0 bridgehead atoms. The molecule has 1 N–H and O–H groups in total. The second-order valence-corrected chi connectivity index (χ2v) is 4.69. The monoisotopic (exact) mass is 256 g/mol. The van der Waals surface area contributed by atoms with Gasteiger partial charge in [-0.1, -0.05) is 42.5 Å². The number of benzene rings is 2. The molecule has 0 heterocycles. The van der Waals surface area contributed by atoms with E-state index in [2.05, 4.69) is 24.3 Å². The maximum Gasteiger partial charge on any atom is 0.119 e. The van der Waals surface area contributed by atoms with Crippen LogP contribution in [-0.2, 0) is 6.42 Å². The summed E-state index contributed by atoms with van der Waals surface area (Å²) in [5, 5.41) is 9.51. The van der Waals surface area contributed by atoms with Gasteiger partial charge in [-0.15, -0.1) is 0 Å². The first kappa shape index (κ1) is 13.6. The van der Waals surface area contributed by atoms with Crippen molar-refractivity contribution in [2.45, 2.75) is 25.9 Å². The fourth-order valence-corrected chi connectivity index (χ4v) is 1.98. The Bertz CT molecular complexity index is 492. The number of rotatable bonds is 6. The summed E-state index contributed by atoms with van der Waals surface area (Å²) >= 11 is 0. The van der Waals surface area contributed by atoms with Gasteiger partial charge in [-0.25, -0.2) is 0 Å². The molecule has 0 amide bonds. The lowest BCUT2D eigenvalue weighted by Gasteiger charge is -2.09. The molecule has 1 atom stereocenters. The van der Waals surface area contributed by atoms with E-state index in [4.69, 9.17) is 4.74 Å². The highest BCUT2D eigenvalue weighted by Gasteiger charge is 2.02. The molecule has 0 saturated carbocycles. The molecule has 2 heteroatoms. The zero-order valence-electron chi connectivity index (χ0n) is 11.3. The van der Waals surface area contributed by atoms with Crippen LogP contribution in [0.4, 0.5) is 0 Å². The van der Waals surface area contributed by atoms with E-state index in [1.807, 2.05) is 30.3 Å². The van der Waals surface area contributed by atoms with Crippen LogP contribution >= 0.6 is 0 Å². The lowest BCUT2D eigenvalue weighted by atomic mass is 10.1. The normalized spacial score (nSPS) is 12.1. The number of aliphatic hydroxyl groups excluding tert-OH is 1. The van der Waals surface area contributed by atoms with Crippen LogP contribution in [0.15, 0.2) is 54.6 Å². The fourth-order valence-electron chi connectivity index (χ4n) is 1.98. The molecular formula is C17H20O2. The van der Waals surface area contributed by atoms with E-state index < -0.39 is 6.10 Å². The highest BCUT2D eigenvalue weighted by molar-refractivity contribution is 5.29. The van der Waals surface area contributed by atoms with Gasteiger partial charge in [-0.2, -0.15) is 0 Å². The predicted octanol–water partition coefficient (Wildman–Crippen LogP) is 3.75. The van der Waals surface area contributed by atoms with Gasteiger partial charge in [-0.05, 0) is 43.0 Å². The Kier molecular flexibility index (Phi) is 4.99. The van der Waals surface area contributed by atoms with Gasteiger partial charge in [0.05, 0.1) is 12.7 Å². The summed E-state index contributed by atoms with van der Waals surface area (Å²) in [5.74, 6) is 0.825. The van der Waals surface area contributed by atoms with Gasteiger partial charge in [0, 0.05) is 0 Å². The highest BCUT2D eigenvalue weighted by Crippen LogP contribution is 2.19. The highest BCUT2D eigenvalue weighted by atomic mass is 16.5. The first-order chi connectivity index (χ1) is 9.25. The quantitative estimate of drug-likeness (QED) is 0.798. The molecule has 0 spiro atoms. The van der Waals surface area contributed by atoms with E-state index in [0.717, 1.165) is 24.2 Å². The predicted molar refractivity (Wildman–Crippen MR) is 77.3 cm³/mol. The summed E-state index contributed by atoms with van der Waals surface area (Å²) in [6.07, 6.45) is 1.56. The summed E-state index contributed by atoms with van der Waals surface area (Å²) in [7, 11) is 0. The number of hydrogen-bond acceptors (Lipinski definition) is 2. The molecule has 2 rings (SSSR count). The smallest absolute Gasteiger partial charge is 0.119 e. The molecule has 100 valence electrons. The lowest BCUT2D eigenvalue weighted by molar-refractivity contribution is 0.198. The molecule has 2 aromatic carbocycles. The SMILES string of the molecule is CC(O)c1cccc(OCCCc2ccccc2)c1. The van der Waals surface area contributed by atoms with E-state index >= 15 is 0 Å². The lowest BCUT2D eigenvalue weighted by Crippen LogP contribution is -2.00. The molecule has 0 aromatic heterocycles. The Balaban J connectivity index is 1.78. The molecule has 2 aromatic rings. The topological polar surface area (TPSA) is 29.5 Å². The van der Waals surface area contributed by atoms with Crippen LogP contribution in [-0.4, -0.2) is 11.7 Å². The van der Waals surface area contributed by atoms with Gasteiger partial charge in [0.25, 0.3) is 0 Å². The van der Waals surface area contributed by atoms with Crippen molar-refractivity contribution in [1.29, 1.82) is 0 Å². The average Bonchev–Trinajstić information content (AvgIpc) is 2.45. The Morgan fingerprint density at radius 1 is 1.05 bits per heavy atom. The fraction of sp³-hybridized carbons (Fsp3) is 0.294. The third-order valence-corrected chi connectivity index (χ3v) is 3.06. The molecule has 0 aliphatic rings. The van der Waals surface area contributed by atoms with Crippen LogP contribution in [0.5, 0.6) is 5.75 Å². The molecule has 2 nitrogen and oxygen atoms in total. The van der Waals surface area contributed by atoms with Crippen molar-refractivity contribution in [2.75, 3.05) is 6.61 Å². The van der Waals surface area contributed by atoms with E-state index in [9.17, 15) is 5.11 Å². The van der Waals surface area contributed by atoms with Gasteiger partial charge >= 0.3 is 0 Å². The van der Waals surface area contributed by atoms with Crippen molar-refractivity contribution in [3.8, 4) is 5.75 Å². The molecule has 0 aliphatic carbocycles. The Labute approximate surface area is 114 Å². The van der Waals surface area contributed by atoms with E-state index in [1.165, 1.54) is 5.56 Å². The van der Waals surface area contributed by atoms with Crippen LogP contribution in [0.25, 0.3) is 0 Å². The van der Waals surface area contributed by atoms with Crippen molar-refractivity contribution in [3.05, 3.63) is 65.7 Å². The molecule has 1 unspecified atom stereocenters. The minimum Gasteiger partial charge on any atom is -0.494 e. The number of hydrogen-bond donors (Lipinski definition) is 1. The van der Waals surface area contributed by atoms with Crippen molar-refractivity contribution in [3.63, 3.8) is 0 Å². The zero-order chi connectivity index (χ0) is 13.5. The second kappa shape index (κ2) is 6.95. The van der Waals surface area contributed by atoms with Crippen molar-refractivity contribution in [2.24, 2.45) is 0 Å². The summed E-state index contributed by atoms with van der Waals surface area (Å²) in [4.78, 5) is 0. The van der Waals surface area contributed by atoms with Crippen LogP contribution in [0.1, 0.15) is 30.6 Å². The summed E-state index contributed by atoms with van der Waals surface area (Å²) < 4.78 is 5.71. The van der Waals surface area contributed by atoms with E-state index in [-0.39, 0.29) is 0 Å². The average molecular weight is 256 g/mol. The molecular weight excluding hydrogens is 236 g/mol. The Hall–Kier alpha value is -1.80. The molecule has 0 radical (unpaired) electrons.